The summed E-state index contributed by atoms with van der Waals surface area (Å²) in [5, 5.41) is 0. The van der Waals surface area contributed by atoms with Gasteiger partial charge in [0.1, 0.15) is 0 Å². The molecule has 0 bridgehead atoms. The van der Waals surface area contributed by atoms with Gasteiger partial charge in [-0.25, -0.2) is 0 Å². The number of pyridine rings is 4. The van der Waals surface area contributed by atoms with Gasteiger partial charge in [-0.1, -0.05) is 12.1 Å². The zero-order valence-corrected chi connectivity index (χ0v) is 15.8. The van der Waals surface area contributed by atoms with Crippen LogP contribution >= 0.6 is 0 Å². The third kappa shape index (κ3) is 5.67. The van der Waals surface area contributed by atoms with E-state index in [1.165, 1.54) is 0 Å². The van der Waals surface area contributed by atoms with Gasteiger partial charge in [0, 0.05) is 68.4 Å². The maximum atomic E-state index is 4.22. The van der Waals surface area contributed by atoms with Crippen LogP contribution in [0.3, 0.4) is 0 Å². The van der Waals surface area contributed by atoms with E-state index in [2.05, 4.69) is 19.9 Å². The van der Waals surface area contributed by atoms with Crippen LogP contribution in [0, 0.1) is 0 Å². The first-order valence-electron chi connectivity index (χ1n) is 7.56. The van der Waals surface area contributed by atoms with Crippen molar-refractivity contribution < 1.29 is 20.1 Å². The van der Waals surface area contributed by atoms with E-state index in [4.69, 9.17) is 0 Å². The van der Waals surface area contributed by atoms with Crippen LogP contribution in [0.25, 0.3) is 22.5 Å². The van der Waals surface area contributed by atoms with Gasteiger partial charge >= 0.3 is 0 Å². The van der Waals surface area contributed by atoms with E-state index in [1.807, 2.05) is 60.7 Å². The van der Waals surface area contributed by atoms with Crippen molar-refractivity contribution in [1.29, 1.82) is 0 Å². The van der Waals surface area contributed by atoms with E-state index < -0.39 is 0 Å². The first-order valence-corrected chi connectivity index (χ1v) is 7.56. The summed E-state index contributed by atoms with van der Waals surface area (Å²) in [6.07, 6.45) is 10.6. The Morgan fingerprint density at radius 2 is 0.840 bits per heavy atom. The molecule has 4 nitrogen and oxygen atoms in total. The van der Waals surface area contributed by atoms with Gasteiger partial charge in [0.2, 0.25) is 0 Å². The molecule has 0 aliphatic heterocycles. The first-order chi connectivity index (χ1) is 11.9. The summed E-state index contributed by atoms with van der Waals surface area (Å²) >= 11 is 0. The molecule has 0 spiro atoms. The number of aromatic nitrogens is 4. The van der Waals surface area contributed by atoms with E-state index in [-0.39, 0.29) is 20.1 Å². The molecule has 0 aliphatic carbocycles. The molecule has 125 valence electrons. The van der Waals surface area contributed by atoms with Gasteiger partial charge in [0.25, 0.3) is 0 Å². The molecule has 0 aliphatic rings. The number of rotatable bonds is 2. The Hall–Kier alpha value is -2.75. The van der Waals surface area contributed by atoms with Crippen LogP contribution in [0.1, 0.15) is 0 Å². The summed E-state index contributed by atoms with van der Waals surface area (Å²) < 4.78 is 0. The molecule has 4 aromatic heterocycles. The third-order valence-electron chi connectivity index (χ3n) is 3.28. The quantitative estimate of drug-likeness (QED) is 0.409. The fraction of sp³-hybridized carbons (Fsp3) is 0. The van der Waals surface area contributed by atoms with Crippen LogP contribution in [0.15, 0.2) is 97.8 Å². The summed E-state index contributed by atoms with van der Waals surface area (Å²) in [5.41, 5.74) is 4.18. The second-order valence-electron chi connectivity index (χ2n) is 4.90. The van der Waals surface area contributed by atoms with Gasteiger partial charge in [-0.2, -0.15) is 0 Å². The van der Waals surface area contributed by atoms with Crippen LogP contribution in [0.5, 0.6) is 0 Å². The SMILES string of the molecule is [Ir].c1ccc(-c2ccncc2)nc1.c1ccc(-c2ccncc2)nc1. The Labute approximate surface area is 160 Å². The third-order valence-corrected chi connectivity index (χ3v) is 3.28. The van der Waals surface area contributed by atoms with Gasteiger partial charge in [0.15, 0.2) is 0 Å². The largest absolute Gasteiger partial charge is 0.265 e. The van der Waals surface area contributed by atoms with Crippen LogP contribution in [0.4, 0.5) is 0 Å². The zero-order chi connectivity index (χ0) is 16.5. The van der Waals surface area contributed by atoms with Crippen molar-refractivity contribution >= 4 is 0 Å². The van der Waals surface area contributed by atoms with Gasteiger partial charge in [-0.05, 0) is 48.5 Å². The zero-order valence-electron chi connectivity index (χ0n) is 13.4. The molecular formula is C20H16IrN4. The smallest absolute Gasteiger partial charge is 0.0703 e. The Morgan fingerprint density at radius 3 is 1.16 bits per heavy atom. The van der Waals surface area contributed by atoms with Gasteiger partial charge in [0.05, 0.1) is 11.4 Å². The van der Waals surface area contributed by atoms with Gasteiger partial charge in [-0.15, -0.1) is 0 Å². The predicted octanol–water partition coefficient (Wildman–Crippen LogP) is 4.28. The van der Waals surface area contributed by atoms with Crippen molar-refractivity contribution in [2.75, 3.05) is 0 Å². The minimum Gasteiger partial charge on any atom is -0.265 e. The first kappa shape index (κ1) is 18.6. The minimum absolute atomic E-state index is 0. The predicted molar refractivity (Wildman–Crippen MR) is 94.9 cm³/mol. The van der Waals surface area contributed by atoms with Crippen LogP contribution in [0.2, 0.25) is 0 Å². The molecular weight excluding hydrogens is 488 g/mol. The van der Waals surface area contributed by atoms with E-state index >= 15 is 0 Å². The van der Waals surface area contributed by atoms with Gasteiger partial charge < -0.3 is 0 Å². The number of hydrogen-bond acceptors (Lipinski definition) is 4. The number of hydrogen-bond donors (Lipinski definition) is 0. The van der Waals surface area contributed by atoms with E-state index in [0.29, 0.717) is 0 Å². The number of nitrogens with zero attached hydrogens (tertiary/aromatic N) is 4. The fourth-order valence-corrected chi connectivity index (χ4v) is 2.11. The van der Waals surface area contributed by atoms with Crippen LogP contribution in [-0.4, -0.2) is 19.9 Å². The molecule has 0 fully saturated rings. The molecule has 0 atom stereocenters. The molecule has 0 N–H and O–H groups in total. The Kier molecular flexibility index (Phi) is 7.57. The van der Waals surface area contributed by atoms with Crippen molar-refractivity contribution in [3.8, 4) is 22.5 Å². The monoisotopic (exact) mass is 505 g/mol. The standard InChI is InChI=1S/2C10H8N2.Ir/c2*1-2-6-12-10(3-1)9-4-7-11-8-5-9;/h2*1-8H;. The van der Waals surface area contributed by atoms with Crippen molar-refractivity contribution in [2.45, 2.75) is 0 Å². The normalized spacial score (nSPS) is 9.28. The Balaban J connectivity index is 0.000000173. The molecule has 4 aromatic rings. The van der Waals surface area contributed by atoms with Crippen molar-refractivity contribution in [2.24, 2.45) is 0 Å². The molecule has 5 heteroatoms. The summed E-state index contributed by atoms with van der Waals surface area (Å²) in [6, 6.07) is 19.5. The molecule has 25 heavy (non-hydrogen) atoms. The molecule has 0 aromatic carbocycles. The average Bonchev–Trinajstić information content (AvgIpc) is 2.71. The molecule has 0 saturated carbocycles. The fourth-order valence-electron chi connectivity index (χ4n) is 2.11. The van der Waals surface area contributed by atoms with Crippen LogP contribution in [-0.2, 0) is 20.1 Å². The summed E-state index contributed by atoms with van der Waals surface area (Å²) in [7, 11) is 0. The van der Waals surface area contributed by atoms with E-state index in [9.17, 15) is 0 Å². The average molecular weight is 505 g/mol. The molecule has 0 unspecified atom stereocenters. The summed E-state index contributed by atoms with van der Waals surface area (Å²) in [4.78, 5) is 16.3. The topological polar surface area (TPSA) is 51.6 Å². The summed E-state index contributed by atoms with van der Waals surface area (Å²) in [5.74, 6) is 0. The maximum Gasteiger partial charge on any atom is 0.0703 e. The minimum atomic E-state index is 0. The molecule has 0 amide bonds. The van der Waals surface area contributed by atoms with E-state index in [0.717, 1.165) is 22.5 Å². The molecule has 0 saturated heterocycles. The molecule has 4 rings (SSSR count). The molecule has 1 radical (unpaired) electrons. The van der Waals surface area contributed by atoms with Crippen LogP contribution < -0.4 is 0 Å². The van der Waals surface area contributed by atoms with Crippen molar-refractivity contribution in [1.82, 2.24) is 19.9 Å². The summed E-state index contributed by atoms with van der Waals surface area (Å²) in [6.45, 7) is 0. The van der Waals surface area contributed by atoms with Crippen molar-refractivity contribution in [3.63, 3.8) is 0 Å². The van der Waals surface area contributed by atoms with Crippen molar-refractivity contribution in [3.05, 3.63) is 97.8 Å². The maximum absolute atomic E-state index is 4.22. The second kappa shape index (κ2) is 10.2. The second-order valence-corrected chi connectivity index (χ2v) is 4.90. The Bertz CT molecular complexity index is 692. The van der Waals surface area contributed by atoms with E-state index in [1.54, 1.807) is 37.2 Å². The molecule has 4 heterocycles. The van der Waals surface area contributed by atoms with Gasteiger partial charge in [-0.3, -0.25) is 19.9 Å². The Morgan fingerprint density at radius 1 is 0.440 bits per heavy atom.